The van der Waals surface area contributed by atoms with Gasteiger partial charge in [-0.15, -0.1) is 0 Å². The molecule has 0 N–H and O–H groups in total. The van der Waals surface area contributed by atoms with Crippen molar-refractivity contribution in [2.24, 2.45) is 0 Å². The Hall–Kier alpha value is -1.96. The molecule has 2 fully saturated rings. The molecule has 0 atom stereocenters. The van der Waals surface area contributed by atoms with Crippen molar-refractivity contribution in [1.82, 2.24) is 19.6 Å². The number of fused-ring (bicyclic) bond motifs is 1. The number of nitrogens with zero attached hydrogens (tertiary/aromatic N) is 4. The van der Waals surface area contributed by atoms with E-state index >= 15 is 0 Å². The van der Waals surface area contributed by atoms with Crippen LogP contribution < -0.4 is 0 Å². The number of rotatable bonds is 4. The number of hydrogen-bond donors (Lipinski definition) is 0. The van der Waals surface area contributed by atoms with E-state index in [-0.39, 0.29) is 11.8 Å². The zero-order valence-corrected chi connectivity index (χ0v) is 16.5. The van der Waals surface area contributed by atoms with Gasteiger partial charge in [0.1, 0.15) is 0 Å². The third-order valence-corrected chi connectivity index (χ3v) is 6.03. The van der Waals surface area contributed by atoms with Gasteiger partial charge >= 0.3 is 0 Å². The number of amides is 2. The minimum atomic E-state index is 0.194. The Kier molecular flexibility index (Phi) is 6.24. The fourth-order valence-electron chi connectivity index (χ4n) is 4.21. The van der Waals surface area contributed by atoms with Crippen molar-refractivity contribution in [2.45, 2.75) is 13.0 Å². The first kappa shape index (κ1) is 19.4. The lowest BCUT2D eigenvalue weighted by Gasteiger charge is -2.37. The Morgan fingerprint density at radius 1 is 0.750 bits per heavy atom. The Morgan fingerprint density at radius 2 is 1.32 bits per heavy atom. The zero-order valence-electron chi connectivity index (χ0n) is 16.5. The number of ether oxygens (including phenoxy) is 1. The largest absolute Gasteiger partial charge is 0.378 e. The monoisotopic (exact) mass is 386 g/mol. The van der Waals surface area contributed by atoms with Crippen LogP contribution in [0.5, 0.6) is 0 Å². The molecule has 0 aliphatic carbocycles. The molecule has 1 aromatic rings. The highest BCUT2D eigenvalue weighted by atomic mass is 16.5. The lowest BCUT2D eigenvalue weighted by atomic mass is 10.00. The minimum absolute atomic E-state index is 0.194. The highest BCUT2D eigenvalue weighted by Gasteiger charge is 2.26. The van der Waals surface area contributed by atoms with Gasteiger partial charge in [0.25, 0.3) is 0 Å². The van der Waals surface area contributed by atoms with Gasteiger partial charge in [-0.05, 0) is 17.5 Å². The summed E-state index contributed by atoms with van der Waals surface area (Å²) in [5.41, 5.74) is 2.64. The average Bonchev–Trinajstić information content (AvgIpc) is 2.75. The third kappa shape index (κ3) is 4.71. The van der Waals surface area contributed by atoms with Crippen molar-refractivity contribution in [1.29, 1.82) is 0 Å². The summed E-state index contributed by atoms with van der Waals surface area (Å²) in [6.07, 6.45) is 0.944. The van der Waals surface area contributed by atoms with Crippen LogP contribution in [0.3, 0.4) is 0 Å². The van der Waals surface area contributed by atoms with Crippen molar-refractivity contribution in [2.75, 3.05) is 72.1 Å². The quantitative estimate of drug-likeness (QED) is 0.732. The maximum atomic E-state index is 12.7. The van der Waals surface area contributed by atoms with Crippen LogP contribution in [0, 0.1) is 0 Å². The molecular formula is C21H30N4O3. The van der Waals surface area contributed by atoms with Crippen molar-refractivity contribution >= 4 is 11.8 Å². The lowest BCUT2D eigenvalue weighted by Crippen LogP contribution is -2.53. The number of carbonyl (C=O) groups excluding carboxylic acids is 2. The molecule has 4 rings (SSSR count). The zero-order chi connectivity index (χ0) is 19.3. The van der Waals surface area contributed by atoms with E-state index in [9.17, 15) is 9.59 Å². The molecule has 7 nitrogen and oxygen atoms in total. The molecule has 3 heterocycles. The first-order chi connectivity index (χ1) is 13.7. The summed E-state index contributed by atoms with van der Waals surface area (Å²) < 4.78 is 5.31. The Labute approximate surface area is 166 Å². The predicted octanol–water partition coefficient (Wildman–Crippen LogP) is 0.0477. The van der Waals surface area contributed by atoms with E-state index in [1.807, 2.05) is 15.9 Å². The first-order valence-corrected chi connectivity index (χ1v) is 10.3. The van der Waals surface area contributed by atoms with Crippen LogP contribution in [-0.2, 0) is 27.3 Å². The molecule has 0 bridgehead atoms. The van der Waals surface area contributed by atoms with E-state index in [1.54, 1.807) is 0 Å². The van der Waals surface area contributed by atoms with Crippen LogP contribution in [0.25, 0.3) is 0 Å². The summed E-state index contributed by atoms with van der Waals surface area (Å²) in [6, 6.07) is 8.40. The van der Waals surface area contributed by atoms with Gasteiger partial charge in [0, 0.05) is 52.4 Å². The van der Waals surface area contributed by atoms with Gasteiger partial charge in [-0.2, -0.15) is 0 Å². The van der Waals surface area contributed by atoms with E-state index in [2.05, 4.69) is 28.0 Å². The fraction of sp³-hybridized carbons (Fsp3) is 0.619. The molecule has 3 aliphatic heterocycles. The molecule has 7 heteroatoms. The number of carbonyl (C=O) groups is 2. The predicted molar refractivity (Wildman–Crippen MR) is 106 cm³/mol. The molecule has 0 spiro atoms. The average molecular weight is 386 g/mol. The van der Waals surface area contributed by atoms with Gasteiger partial charge in [-0.25, -0.2) is 0 Å². The van der Waals surface area contributed by atoms with Crippen molar-refractivity contribution < 1.29 is 14.3 Å². The number of piperazine rings is 1. The third-order valence-electron chi connectivity index (χ3n) is 6.03. The molecule has 0 aromatic heterocycles. The van der Waals surface area contributed by atoms with Crippen molar-refractivity contribution in [3.8, 4) is 0 Å². The minimum Gasteiger partial charge on any atom is -0.378 e. The highest BCUT2D eigenvalue weighted by Crippen LogP contribution is 2.18. The second-order valence-corrected chi connectivity index (χ2v) is 7.88. The van der Waals surface area contributed by atoms with Gasteiger partial charge in [0.05, 0.1) is 26.3 Å². The molecule has 1 aromatic carbocycles. The number of hydrogen-bond acceptors (Lipinski definition) is 5. The number of benzene rings is 1. The summed E-state index contributed by atoms with van der Waals surface area (Å²) in [5, 5.41) is 0. The summed E-state index contributed by atoms with van der Waals surface area (Å²) in [4.78, 5) is 33.4. The standard InChI is InChI=1S/C21H30N4O3/c26-20(24-11-13-28-14-12-24)16-22-7-9-23(10-8-22)17-21(27)25-6-5-18-3-1-2-4-19(18)15-25/h1-4H,5-17H2. The van der Waals surface area contributed by atoms with E-state index in [4.69, 9.17) is 4.74 Å². The van der Waals surface area contributed by atoms with Gasteiger partial charge in [-0.3, -0.25) is 19.4 Å². The molecule has 0 saturated carbocycles. The van der Waals surface area contributed by atoms with E-state index in [0.717, 1.165) is 45.7 Å². The van der Waals surface area contributed by atoms with Crippen LogP contribution in [-0.4, -0.2) is 104 Å². The normalized spacial score (nSPS) is 21.4. The van der Waals surface area contributed by atoms with E-state index in [1.165, 1.54) is 11.1 Å². The highest BCUT2D eigenvalue weighted by molar-refractivity contribution is 5.79. The Bertz CT molecular complexity index is 697. The van der Waals surface area contributed by atoms with Gasteiger partial charge in [0.15, 0.2) is 0 Å². The summed E-state index contributed by atoms with van der Waals surface area (Å²) >= 11 is 0. The molecule has 2 amide bonds. The molecule has 3 aliphatic rings. The van der Waals surface area contributed by atoms with Crippen molar-refractivity contribution in [3.63, 3.8) is 0 Å². The smallest absolute Gasteiger partial charge is 0.237 e. The second kappa shape index (κ2) is 9.03. The molecule has 28 heavy (non-hydrogen) atoms. The van der Waals surface area contributed by atoms with Gasteiger partial charge in [0.2, 0.25) is 11.8 Å². The second-order valence-electron chi connectivity index (χ2n) is 7.88. The molecular weight excluding hydrogens is 356 g/mol. The van der Waals surface area contributed by atoms with Gasteiger partial charge < -0.3 is 14.5 Å². The Balaban J connectivity index is 1.20. The fourth-order valence-corrected chi connectivity index (χ4v) is 4.21. The van der Waals surface area contributed by atoms with E-state index < -0.39 is 0 Å². The van der Waals surface area contributed by atoms with Crippen LogP contribution in [0.15, 0.2) is 24.3 Å². The van der Waals surface area contributed by atoms with Gasteiger partial charge in [-0.1, -0.05) is 24.3 Å². The summed E-state index contributed by atoms with van der Waals surface area (Å²) in [5.74, 6) is 0.409. The van der Waals surface area contributed by atoms with Crippen LogP contribution in [0.2, 0.25) is 0 Å². The SMILES string of the molecule is O=C(CN1CCN(CC(=O)N2CCc3ccccc3C2)CC1)N1CCOCC1. The summed E-state index contributed by atoms with van der Waals surface area (Å²) in [6.45, 7) is 8.53. The maximum Gasteiger partial charge on any atom is 0.237 e. The van der Waals surface area contributed by atoms with Crippen LogP contribution in [0.1, 0.15) is 11.1 Å². The first-order valence-electron chi connectivity index (χ1n) is 10.3. The molecule has 152 valence electrons. The van der Waals surface area contributed by atoms with Crippen molar-refractivity contribution in [3.05, 3.63) is 35.4 Å². The van der Waals surface area contributed by atoms with E-state index in [0.29, 0.717) is 39.4 Å². The maximum absolute atomic E-state index is 12.7. The number of morpholine rings is 1. The Morgan fingerprint density at radius 3 is 1.96 bits per heavy atom. The molecule has 0 unspecified atom stereocenters. The van der Waals surface area contributed by atoms with Crippen LogP contribution >= 0.6 is 0 Å². The lowest BCUT2D eigenvalue weighted by molar-refractivity contribution is -0.138. The van der Waals surface area contributed by atoms with Crippen LogP contribution in [0.4, 0.5) is 0 Å². The molecule has 2 saturated heterocycles. The molecule has 0 radical (unpaired) electrons. The topological polar surface area (TPSA) is 56.3 Å². The summed E-state index contributed by atoms with van der Waals surface area (Å²) in [7, 11) is 0.